The fourth-order valence-electron chi connectivity index (χ4n) is 2.80. The highest BCUT2D eigenvalue weighted by molar-refractivity contribution is 5.85. The van der Waals surface area contributed by atoms with Crippen LogP contribution in [-0.2, 0) is 13.0 Å². The molecule has 0 unspecified atom stereocenters. The summed E-state index contributed by atoms with van der Waals surface area (Å²) < 4.78 is 0. The summed E-state index contributed by atoms with van der Waals surface area (Å²) in [5.74, 6) is 0. The maximum Gasteiger partial charge on any atom is 0.0587 e. The minimum atomic E-state index is 0.0707. The molecule has 0 heterocycles. The fourth-order valence-corrected chi connectivity index (χ4v) is 2.80. The van der Waals surface area contributed by atoms with E-state index in [9.17, 15) is 5.11 Å². The predicted molar refractivity (Wildman–Crippen MR) is 91.8 cm³/mol. The molecule has 1 atom stereocenters. The second kappa shape index (κ2) is 7.21. The van der Waals surface area contributed by atoms with Gasteiger partial charge >= 0.3 is 0 Å². The Morgan fingerprint density at radius 1 is 0.818 bits per heavy atom. The summed E-state index contributed by atoms with van der Waals surface area (Å²) in [6, 6.07) is 25.1. The van der Waals surface area contributed by atoms with Gasteiger partial charge in [0.15, 0.2) is 0 Å². The van der Waals surface area contributed by atoms with Crippen molar-refractivity contribution >= 4 is 10.8 Å². The van der Waals surface area contributed by atoms with Crippen LogP contribution in [0.2, 0.25) is 0 Å². The third-order valence-corrected chi connectivity index (χ3v) is 4.01. The molecule has 2 nitrogen and oxygen atoms in total. The summed E-state index contributed by atoms with van der Waals surface area (Å²) in [5, 5.41) is 15.6. The Hall–Kier alpha value is -2.16. The molecule has 0 amide bonds. The fraction of sp³-hybridized carbons (Fsp3) is 0.200. The first kappa shape index (κ1) is 14.8. The highest BCUT2D eigenvalue weighted by atomic mass is 16.3. The van der Waals surface area contributed by atoms with Crippen molar-refractivity contribution in [1.29, 1.82) is 0 Å². The van der Waals surface area contributed by atoms with Gasteiger partial charge in [-0.25, -0.2) is 0 Å². The molecule has 0 saturated heterocycles. The first-order valence-electron chi connectivity index (χ1n) is 7.71. The lowest BCUT2D eigenvalue weighted by atomic mass is 10.0. The molecule has 3 rings (SSSR count). The summed E-state index contributed by atoms with van der Waals surface area (Å²) in [7, 11) is 0. The Morgan fingerprint density at radius 3 is 2.36 bits per heavy atom. The number of hydrogen-bond donors (Lipinski definition) is 2. The number of aliphatic hydroxyl groups excluding tert-OH is 1. The van der Waals surface area contributed by atoms with Crippen molar-refractivity contribution in [3.8, 4) is 0 Å². The number of nitrogens with one attached hydrogen (secondary N) is 1. The van der Waals surface area contributed by atoms with Crippen molar-refractivity contribution in [2.45, 2.75) is 19.0 Å². The van der Waals surface area contributed by atoms with Gasteiger partial charge in [-0.3, -0.25) is 0 Å². The van der Waals surface area contributed by atoms with Crippen LogP contribution in [0.25, 0.3) is 10.8 Å². The second-order valence-corrected chi connectivity index (χ2v) is 5.59. The third-order valence-electron chi connectivity index (χ3n) is 4.01. The zero-order valence-corrected chi connectivity index (χ0v) is 12.6. The minimum absolute atomic E-state index is 0.0707. The second-order valence-electron chi connectivity index (χ2n) is 5.59. The first-order chi connectivity index (χ1) is 10.9. The van der Waals surface area contributed by atoms with E-state index in [1.54, 1.807) is 0 Å². The summed E-state index contributed by atoms with van der Waals surface area (Å²) in [5.41, 5.74) is 2.51. The van der Waals surface area contributed by atoms with Gasteiger partial charge in [0.05, 0.1) is 6.61 Å². The number of rotatable bonds is 6. The molecule has 3 aromatic carbocycles. The van der Waals surface area contributed by atoms with Crippen molar-refractivity contribution in [3.63, 3.8) is 0 Å². The van der Waals surface area contributed by atoms with Crippen LogP contribution in [0.5, 0.6) is 0 Å². The van der Waals surface area contributed by atoms with E-state index < -0.39 is 0 Å². The normalized spacial score (nSPS) is 12.4. The van der Waals surface area contributed by atoms with E-state index in [4.69, 9.17) is 0 Å². The van der Waals surface area contributed by atoms with Crippen molar-refractivity contribution in [1.82, 2.24) is 5.32 Å². The van der Waals surface area contributed by atoms with Gasteiger partial charge < -0.3 is 10.4 Å². The van der Waals surface area contributed by atoms with Crippen LogP contribution in [-0.4, -0.2) is 17.8 Å². The van der Waals surface area contributed by atoms with E-state index >= 15 is 0 Å². The van der Waals surface area contributed by atoms with E-state index in [0.717, 1.165) is 13.0 Å². The van der Waals surface area contributed by atoms with Gasteiger partial charge in [-0.2, -0.15) is 0 Å². The van der Waals surface area contributed by atoms with E-state index in [0.29, 0.717) is 0 Å². The zero-order valence-electron chi connectivity index (χ0n) is 12.6. The first-order valence-corrected chi connectivity index (χ1v) is 7.71. The van der Waals surface area contributed by atoms with Gasteiger partial charge in [0.2, 0.25) is 0 Å². The largest absolute Gasteiger partial charge is 0.395 e. The van der Waals surface area contributed by atoms with Crippen molar-refractivity contribution in [3.05, 3.63) is 83.9 Å². The third kappa shape index (κ3) is 3.53. The molecule has 22 heavy (non-hydrogen) atoms. The molecule has 0 bridgehead atoms. The van der Waals surface area contributed by atoms with Crippen LogP contribution in [0.3, 0.4) is 0 Å². The molecular formula is C20H21NO. The maximum atomic E-state index is 9.62. The molecule has 0 aliphatic rings. The van der Waals surface area contributed by atoms with Gasteiger partial charge in [-0.15, -0.1) is 0 Å². The summed E-state index contributed by atoms with van der Waals surface area (Å²) in [6.45, 7) is 0.902. The molecule has 3 aromatic rings. The average molecular weight is 291 g/mol. The smallest absolute Gasteiger partial charge is 0.0587 e. The molecular weight excluding hydrogens is 270 g/mol. The quantitative estimate of drug-likeness (QED) is 0.728. The number of fused-ring (bicyclic) bond motifs is 1. The maximum absolute atomic E-state index is 9.62. The van der Waals surface area contributed by atoms with Gasteiger partial charge in [-0.05, 0) is 28.3 Å². The molecule has 2 N–H and O–H groups in total. The molecule has 0 radical (unpaired) electrons. The van der Waals surface area contributed by atoms with Crippen LogP contribution in [0.4, 0.5) is 0 Å². The Labute approximate surface area is 131 Å². The van der Waals surface area contributed by atoms with E-state index in [1.807, 2.05) is 18.2 Å². The number of hydrogen-bond acceptors (Lipinski definition) is 2. The Bertz CT molecular complexity index is 719. The Morgan fingerprint density at radius 2 is 1.55 bits per heavy atom. The van der Waals surface area contributed by atoms with Crippen molar-refractivity contribution in [2.24, 2.45) is 0 Å². The predicted octanol–water partition coefficient (Wildman–Crippen LogP) is 3.53. The Balaban J connectivity index is 1.69. The lowest BCUT2D eigenvalue weighted by Crippen LogP contribution is -2.34. The molecule has 0 saturated carbocycles. The number of benzene rings is 3. The van der Waals surface area contributed by atoms with Crippen molar-refractivity contribution < 1.29 is 5.11 Å². The lowest BCUT2D eigenvalue weighted by Gasteiger charge is -2.17. The molecule has 0 spiro atoms. The average Bonchev–Trinajstić information content (AvgIpc) is 2.59. The highest BCUT2D eigenvalue weighted by Crippen LogP contribution is 2.18. The van der Waals surface area contributed by atoms with Gasteiger partial charge in [0.1, 0.15) is 0 Å². The van der Waals surface area contributed by atoms with Crippen LogP contribution in [0.1, 0.15) is 11.1 Å². The summed E-state index contributed by atoms with van der Waals surface area (Å²) in [6.07, 6.45) is 0.835. The topological polar surface area (TPSA) is 32.3 Å². The molecule has 0 aromatic heterocycles. The van der Waals surface area contributed by atoms with Crippen LogP contribution < -0.4 is 5.32 Å². The van der Waals surface area contributed by atoms with Crippen LogP contribution in [0.15, 0.2) is 72.8 Å². The van der Waals surface area contributed by atoms with Crippen LogP contribution >= 0.6 is 0 Å². The standard InChI is InChI=1S/C20H21NO/c22-15-19(13-16-7-2-1-3-8-16)21-14-18-11-6-10-17-9-4-5-12-20(17)18/h1-12,19,21-22H,13-15H2/t19-/m0/s1. The van der Waals surface area contributed by atoms with E-state index in [2.05, 4.69) is 59.9 Å². The monoisotopic (exact) mass is 291 g/mol. The highest BCUT2D eigenvalue weighted by Gasteiger charge is 2.09. The molecule has 0 aliphatic carbocycles. The molecule has 112 valence electrons. The summed E-state index contributed by atoms with van der Waals surface area (Å²) >= 11 is 0. The van der Waals surface area contributed by atoms with Gasteiger partial charge in [-0.1, -0.05) is 72.8 Å². The summed E-state index contributed by atoms with van der Waals surface area (Å²) in [4.78, 5) is 0. The minimum Gasteiger partial charge on any atom is -0.395 e. The van der Waals surface area contributed by atoms with Crippen molar-refractivity contribution in [2.75, 3.05) is 6.61 Å². The SMILES string of the molecule is OC[C@H](Cc1ccccc1)NCc1cccc2ccccc12. The van der Waals surface area contributed by atoms with Gasteiger partial charge in [0.25, 0.3) is 0 Å². The Kier molecular flexibility index (Phi) is 4.84. The van der Waals surface area contributed by atoms with Crippen LogP contribution in [0, 0.1) is 0 Å². The van der Waals surface area contributed by atoms with Gasteiger partial charge in [0, 0.05) is 12.6 Å². The van der Waals surface area contributed by atoms with E-state index in [-0.39, 0.29) is 12.6 Å². The molecule has 0 fully saturated rings. The molecule has 2 heteroatoms. The molecule has 0 aliphatic heterocycles. The lowest BCUT2D eigenvalue weighted by molar-refractivity contribution is 0.241. The zero-order chi connectivity index (χ0) is 15.2. The van der Waals surface area contributed by atoms with E-state index in [1.165, 1.54) is 21.9 Å². The number of aliphatic hydroxyl groups is 1.